The van der Waals surface area contributed by atoms with Crippen molar-refractivity contribution in [3.63, 3.8) is 0 Å². The van der Waals surface area contributed by atoms with Gasteiger partial charge in [0.05, 0.1) is 12.5 Å². The molecule has 0 aliphatic carbocycles. The fourth-order valence-electron chi connectivity index (χ4n) is 2.63. The molecule has 2 aromatic rings. The first-order valence-electron chi connectivity index (χ1n) is 8.13. The molecular weight excluding hydrogens is 318 g/mol. The van der Waals surface area contributed by atoms with Crippen molar-refractivity contribution in [1.29, 1.82) is 0 Å². The summed E-state index contributed by atoms with van der Waals surface area (Å²) in [4.78, 5) is 23.4. The monoisotopic (exact) mass is 341 g/mol. The molecule has 0 aliphatic heterocycles. The minimum absolute atomic E-state index is 0.160. The fraction of sp³-hybridized carbons (Fsp3) is 0.300. The Bertz CT molecular complexity index is 770. The van der Waals surface area contributed by atoms with E-state index >= 15 is 0 Å². The highest BCUT2D eigenvalue weighted by atomic mass is 16.5. The number of aliphatic carboxylic acids is 1. The van der Waals surface area contributed by atoms with E-state index in [-0.39, 0.29) is 18.9 Å². The number of carboxylic acids is 1. The molecule has 1 atom stereocenters. The van der Waals surface area contributed by atoms with Gasteiger partial charge in [-0.1, -0.05) is 36.4 Å². The van der Waals surface area contributed by atoms with E-state index in [1.807, 2.05) is 63.2 Å². The summed E-state index contributed by atoms with van der Waals surface area (Å²) in [5.41, 5.74) is 3.72. The van der Waals surface area contributed by atoms with Crippen LogP contribution < -0.4 is 10.1 Å². The first-order chi connectivity index (χ1) is 11.9. The second-order valence-electron chi connectivity index (χ2n) is 6.13. The van der Waals surface area contributed by atoms with Crippen LogP contribution in [0, 0.1) is 20.8 Å². The minimum atomic E-state index is -0.969. The molecule has 2 N–H and O–H groups in total. The number of carboxylic acid groups (broad SMARTS) is 1. The molecule has 0 bridgehead atoms. The van der Waals surface area contributed by atoms with Crippen molar-refractivity contribution in [1.82, 2.24) is 5.32 Å². The van der Waals surface area contributed by atoms with Crippen molar-refractivity contribution < 1.29 is 19.4 Å². The Morgan fingerprint density at radius 2 is 1.80 bits per heavy atom. The van der Waals surface area contributed by atoms with Gasteiger partial charge < -0.3 is 15.2 Å². The molecule has 0 fully saturated rings. The van der Waals surface area contributed by atoms with Crippen molar-refractivity contribution in [3.8, 4) is 5.75 Å². The maximum absolute atomic E-state index is 12.3. The first kappa shape index (κ1) is 18.5. The number of carbonyl (C=O) groups excluding carboxylic acids is 1. The van der Waals surface area contributed by atoms with Crippen molar-refractivity contribution in [2.45, 2.75) is 33.2 Å². The Labute approximate surface area is 147 Å². The van der Waals surface area contributed by atoms with Gasteiger partial charge in [-0.25, -0.2) is 0 Å². The number of aryl methyl sites for hydroxylation is 3. The summed E-state index contributed by atoms with van der Waals surface area (Å²) in [7, 11) is 0. The van der Waals surface area contributed by atoms with Crippen LogP contribution in [0.1, 0.15) is 34.7 Å². The van der Waals surface area contributed by atoms with E-state index in [0.717, 1.165) is 22.3 Å². The molecule has 0 saturated heterocycles. The van der Waals surface area contributed by atoms with Crippen LogP contribution in [0.2, 0.25) is 0 Å². The van der Waals surface area contributed by atoms with Crippen LogP contribution in [0.3, 0.4) is 0 Å². The molecule has 5 nitrogen and oxygen atoms in total. The molecule has 25 heavy (non-hydrogen) atoms. The van der Waals surface area contributed by atoms with Crippen molar-refractivity contribution >= 4 is 11.9 Å². The smallest absolute Gasteiger partial charge is 0.305 e. The Morgan fingerprint density at radius 1 is 1.08 bits per heavy atom. The summed E-state index contributed by atoms with van der Waals surface area (Å²) in [6, 6.07) is 12.6. The third-order valence-corrected chi connectivity index (χ3v) is 3.98. The van der Waals surface area contributed by atoms with Crippen LogP contribution in [0.15, 0.2) is 42.5 Å². The largest absolute Gasteiger partial charge is 0.483 e. The highest BCUT2D eigenvalue weighted by Gasteiger charge is 2.20. The Morgan fingerprint density at radius 3 is 2.48 bits per heavy atom. The van der Waals surface area contributed by atoms with Crippen LogP contribution >= 0.6 is 0 Å². The van der Waals surface area contributed by atoms with Crippen molar-refractivity contribution in [3.05, 3.63) is 64.7 Å². The van der Waals surface area contributed by atoms with Gasteiger partial charge in [-0.15, -0.1) is 0 Å². The van der Waals surface area contributed by atoms with E-state index in [4.69, 9.17) is 9.84 Å². The number of benzene rings is 2. The fourth-order valence-corrected chi connectivity index (χ4v) is 2.63. The van der Waals surface area contributed by atoms with Gasteiger partial charge in [0.2, 0.25) is 0 Å². The van der Waals surface area contributed by atoms with Gasteiger partial charge >= 0.3 is 5.97 Å². The second kappa shape index (κ2) is 8.33. The molecule has 1 amide bonds. The average Bonchev–Trinajstić information content (AvgIpc) is 2.55. The highest BCUT2D eigenvalue weighted by molar-refractivity contribution is 5.79. The lowest BCUT2D eigenvalue weighted by Crippen LogP contribution is -2.34. The number of hydrogen-bond donors (Lipinski definition) is 2. The number of carbonyl (C=O) groups is 2. The standard InChI is InChI=1S/C20H23NO4/c1-13-8-9-15(3)18(10-13)25-12-19(22)21-17(11-20(23)24)16-7-5-4-6-14(16)2/h4-10,17H,11-12H2,1-3H3,(H,21,22)(H,23,24). The van der Waals surface area contributed by atoms with Gasteiger partial charge in [-0.05, 0) is 49.1 Å². The van der Waals surface area contributed by atoms with Gasteiger partial charge in [0, 0.05) is 0 Å². The quantitative estimate of drug-likeness (QED) is 0.810. The van der Waals surface area contributed by atoms with E-state index < -0.39 is 12.0 Å². The average molecular weight is 341 g/mol. The topological polar surface area (TPSA) is 75.6 Å². The van der Waals surface area contributed by atoms with Gasteiger partial charge in [0.15, 0.2) is 6.61 Å². The normalized spacial score (nSPS) is 11.6. The number of ether oxygens (including phenoxy) is 1. The summed E-state index contributed by atoms with van der Waals surface area (Å²) in [5, 5.41) is 11.9. The van der Waals surface area contributed by atoms with Gasteiger partial charge in [0.25, 0.3) is 5.91 Å². The van der Waals surface area contributed by atoms with E-state index in [1.54, 1.807) is 0 Å². The van der Waals surface area contributed by atoms with Crippen molar-refractivity contribution in [2.24, 2.45) is 0 Å². The third-order valence-electron chi connectivity index (χ3n) is 3.98. The summed E-state index contributed by atoms with van der Waals surface area (Å²) in [6.45, 7) is 5.59. The molecule has 0 aliphatic rings. The van der Waals surface area contributed by atoms with Crippen LogP contribution in [-0.4, -0.2) is 23.6 Å². The number of hydrogen-bond acceptors (Lipinski definition) is 3. The lowest BCUT2D eigenvalue weighted by Gasteiger charge is -2.20. The third kappa shape index (κ3) is 5.35. The maximum Gasteiger partial charge on any atom is 0.305 e. The Balaban J connectivity index is 2.05. The zero-order valence-corrected chi connectivity index (χ0v) is 14.7. The van der Waals surface area contributed by atoms with Crippen LogP contribution in [0.25, 0.3) is 0 Å². The molecule has 2 aromatic carbocycles. The summed E-state index contributed by atoms with van der Waals surface area (Å²) in [6.07, 6.45) is -0.180. The summed E-state index contributed by atoms with van der Waals surface area (Å²) < 4.78 is 5.59. The zero-order valence-electron chi connectivity index (χ0n) is 14.7. The molecule has 2 rings (SSSR count). The summed E-state index contributed by atoms with van der Waals surface area (Å²) in [5.74, 6) is -0.666. The lowest BCUT2D eigenvalue weighted by atomic mass is 9.99. The van der Waals surface area contributed by atoms with E-state index in [1.165, 1.54) is 0 Å². The van der Waals surface area contributed by atoms with Crippen LogP contribution in [0.4, 0.5) is 0 Å². The lowest BCUT2D eigenvalue weighted by molar-refractivity contribution is -0.137. The molecule has 5 heteroatoms. The summed E-state index contributed by atoms with van der Waals surface area (Å²) >= 11 is 0. The molecule has 0 spiro atoms. The van der Waals surface area contributed by atoms with Crippen LogP contribution in [0.5, 0.6) is 5.75 Å². The molecule has 0 radical (unpaired) electrons. The number of amides is 1. The van der Waals surface area contributed by atoms with Gasteiger partial charge in [0.1, 0.15) is 5.75 Å². The predicted molar refractivity (Wildman–Crippen MR) is 95.7 cm³/mol. The Hall–Kier alpha value is -2.82. The Kier molecular flexibility index (Phi) is 6.17. The van der Waals surface area contributed by atoms with Crippen molar-refractivity contribution in [2.75, 3.05) is 6.61 Å². The van der Waals surface area contributed by atoms with Gasteiger partial charge in [-0.2, -0.15) is 0 Å². The second-order valence-corrected chi connectivity index (χ2v) is 6.13. The molecule has 0 saturated carbocycles. The maximum atomic E-state index is 12.3. The molecule has 1 unspecified atom stereocenters. The first-order valence-corrected chi connectivity index (χ1v) is 8.13. The van der Waals surface area contributed by atoms with Crippen LogP contribution in [-0.2, 0) is 9.59 Å². The van der Waals surface area contributed by atoms with E-state index in [2.05, 4.69) is 5.32 Å². The van der Waals surface area contributed by atoms with Gasteiger partial charge in [-0.3, -0.25) is 9.59 Å². The van der Waals surface area contributed by atoms with E-state index in [9.17, 15) is 9.59 Å². The molecule has 132 valence electrons. The molecular formula is C20H23NO4. The minimum Gasteiger partial charge on any atom is -0.483 e. The predicted octanol–water partition coefficient (Wildman–Crippen LogP) is 3.32. The molecule has 0 aromatic heterocycles. The van der Waals surface area contributed by atoms with E-state index in [0.29, 0.717) is 5.75 Å². The number of rotatable bonds is 7. The SMILES string of the molecule is Cc1ccc(C)c(OCC(=O)NC(CC(=O)O)c2ccccc2C)c1. The highest BCUT2D eigenvalue weighted by Crippen LogP contribution is 2.21. The number of nitrogens with one attached hydrogen (secondary N) is 1. The zero-order chi connectivity index (χ0) is 18.4. The molecule has 0 heterocycles.